The van der Waals surface area contributed by atoms with Crippen LogP contribution in [0.3, 0.4) is 0 Å². The fourth-order valence-electron chi connectivity index (χ4n) is 2.42. The first-order valence-corrected chi connectivity index (χ1v) is 11.0. The smallest absolute Gasteiger partial charge is 0.335 e. The van der Waals surface area contributed by atoms with Gasteiger partial charge in [-0.05, 0) is 26.0 Å². The van der Waals surface area contributed by atoms with Crippen LogP contribution in [0, 0.1) is 13.8 Å². The summed E-state index contributed by atoms with van der Waals surface area (Å²) < 4.78 is 38.0. The first kappa shape index (κ1) is 21.5. The fraction of sp³-hybridized carbons (Fsp3) is 0.222. The maximum absolute atomic E-state index is 12.7. The zero-order chi connectivity index (χ0) is 21.7. The molecule has 0 bridgehead atoms. The van der Waals surface area contributed by atoms with Crippen LogP contribution in [0.1, 0.15) is 16.4 Å². The number of aryl methyl sites for hydroxylation is 2. The number of anilines is 1. The van der Waals surface area contributed by atoms with Crippen LogP contribution in [-0.2, 0) is 16.6 Å². The predicted molar refractivity (Wildman–Crippen MR) is 110 cm³/mol. The molecule has 0 aliphatic carbocycles. The molecule has 2 aromatic heterocycles. The molecule has 2 heterocycles. The average molecular weight is 450 g/mol. The van der Waals surface area contributed by atoms with Gasteiger partial charge in [-0.2, -0.15) is 4.98 Å². The highest BCUT2D eigenvalue weighted by atomic mass is 32.2. The molecule has 0 saturated carbocycles. The number of aromatic nitrogens is 3. The van der Waals surface area contributed by atoms with Crippen molar-refractivity contribution in [1.29, 1.82) is 0 Å². The summed E-state index contributed by atoms with van der Waals surface area (Å²) in [7, 11) is -2.81. The van der Waals surface area contributed by atoms with Gasteiger partial charge in [-0.25, -0.2) is 27.9 Å². The Morgan fingerprint density at radius 3 is 2.63 bits per heavy atom. The molecule has 0 fully saturated rings. The van der Waals surface area contributed by atoms with Crippen LogP contribution < -0.4 is 19.5 Å². The lowest BCUT2D eigenvalue weighted by Gasteiger charge is -2.12. The van der Waals surface area contributed by atoms with Crippen LogP contribution in [0.4, 0.5) is 10.7 Å². The molecule has 0 aliphatic rings. The maximum atomic E-state index is 12.7. The molecule has 0 saturated heterocycles. The molecule has 10 nitrogen and oxygen atoms in total. The largest absolute Gasteiger partial charge is 0.486 e. The van der Waals surface area contributed by atoms with Crippen molar-refractivity contribution in [1.82, 2.24) is 19.7 Å². The quantitative estimate of drug-likeness (QED) is 0.563. The number of ether oxygens (including phenoxy) is 2. The van der Waals surface area contributed by atoms with E-state index in [9.17, 15) is 13.2 Å². The van der Waals surface area contributed by atoms with E-state index in [2.05, 4.69) is 20.3 Å². The number of rotatable bonds is 7. The van der Waals surface area contributed by atoms with Gasteiger partial charge in [0.25, 0.3) is 10.0 Å². The van der Waals surface area contributed by atoms with Crippen molar-refractivity contribution in [3.63, 3.8) is 0 Å². The van der Waals surface area contributed by atoms with Gasteiger partial charge in [-0.1, -0.05) is 12.1 Å². The number of benzene rings is 1. The minimum Gasteiger partial charge on any atom is -0.486 e. The van der Waals surface area contributed by atoms with E-state index in [0.717, 1.165) is 5.01 Å². The van der Waals surface area contributed by atoms with Gasteiger partial charge in [0.15, 0.2) is 0 Å². The third-order valence-corrected chi connectivity index (χ3v) is 5.87. The lowest BCUT2D eigenvalue weighted by atomic mass is 10.3. The zero-order valence-electron chi connectivity index (χ0n) is 16.4. The molecule has 30 heavy (non-hydrogen) atoms. The van der Waals surface area contributed by atoms with Crippen molar-refractivity contribution >= 4 is 33.3 Å². The van der Waals surface area contributed by atoms with Crippen LogP contribution in [0.15, 0.2) is 40.6 Å². The standard InChI is InChI=1S/C18H19N5O5S2/c1-11-8-16(27-3)21-17(19-11)22-18(24)23-30(25,26)15-7-5-4-6-14(15)28-9-13-10-29-12(2)20-13/h4-8,10H,9H2,1-3H3,(H2,19,21,22,23,24). The number of methoxy groups -OCH3 is 1. The van der Waals surface area contributed by atoms with Crippen molar-refractivity contribution in [2.75, 3.05) is 12.4 Å². The lowest BCUT2D eigenvalue weighted by Crippen LogP contribution is -2.35. The van der Waals surface area contributed by atoms with E-state index in [-0.39, 0.29) is 29.1 Å². The maximum Gasteiger partial charge on any atom is 0.335 e. The normalized spacial score (nSPS) is 11.0. The van der Waals surface area contributed by atoms with Crippen molar-refractivity contribution < 1.29 is 22.7 Å². The Balaban J connectivity index is 1.73. The number of sulfonamides is 1. The minimum atomic E-state index is -4.23. The lowest BCUT2D eigenvalue weighted by molar-refractivity contribution is 0.256. The van der Waals surface area contributed by atoms with E-state index in [1.165, 1.54) is 36.6 Å². The number of urea groups is 1. The molecular formula is C18H19N5O5S2. The first-order chi connectivity index (χ1) is 14.3. The number of hydrogen-bond donors (Lipinski definition) is 2. The monoisotopic (exact) mass is 449 g/mol. The van der Waals surface area contributed by atoms with Gasteiger partial charge in [0.05, 0.1) is 17.8 Å². The Hall–Kier alpha value is -3.25. The van der Waals surface area contributed by atoms with Gasteiger partial charge < -0.3 is 9.47 Å². The molecule has 0 spiro atoms. The van der Waals surface area contributed by atoms with E-state index in [4.69, 9.17) is 9.47 Å². The number of hydrogen-bond acceptors (Lipinski definition) is 9. The minimum absolute atomic E-state index is 0.0944. The number of amides is 2. The molecule has 1 aromatic carbocycles. The highest BCUT2D eigenvalue weighted by Gasteiger charge is 2.23. The summed E-state index contributed by atoms with van der Waals surface area (Å²) in [5.41, 5.74) is 1.22. The molecule has 3 aromatic rings. The Morgan fingerprint density at radius 2 is 1.93 bits per heavy atom. The Morgan fingerprint density at radius 1 is 1.17 bits per heavy atom. The van der Waals surface area contributed by atoms with Crippen LogP contribution in [0.25, 0.3) is 0 Å². The highest BCUT2D eigenvalue weighted by molar-refractivity contribution is 7.90. The van der Waals surface area contributed by atoms with Crippen molar-refractivity contribution in [2.45, 2.75) is 25.3 Å². The van der Waals surface area contributed by atoms with E-state index >= 15 is 0 Å². The van der Waals surface area contributed by atoms with Crippen LogP contribution in [-0.4, -0.2) is 36.5 Å². The Labute approximate surface area is 177 Å². The fourth-order valence-corrected chi connectivity index (χ4v) is 4.07. The molecule has 0 aliphatic heterocycles. The van der Waals surface area contributed by atoms with Crippen LogP contribution in [0.5, 0.6) is 11.6 Å². The van der Waals surface area contributed by atoms with E-state index in [1.807, 2.05) is 17.0 Å². The number of thiazole rings is 1. The summed E-state index contributed by atoms with van der Waals surface area (Å²) in [6.07, 6.45) is 0. The molecule has 158 valence electrons. The number of carbonyl (C=O) groups is 1. The molecule has 2 N–H and O–H groups in total. The molecule has 2 amide bonds. The molecular weight excluding hydrogens is 430 g/mol. The summed E-state index contributed by atoms with van der Waals surface area (Å²) in [6.45, 7) is 3.64. The molecule has 0 unspecified atom stereocenters. The number of nitrogens with zero attached hydrogens (tertiary/aromatic N) is 3. The second-order valence-corrected chi connectivity index (χ2v) is 8.74. The number of para-hydroxylation sites is 1. The third kappa shape index (κ3) is 5.42. The van der Waals surface area contributed by atoms with Crippen LogP contribution >= 0.6 is 11.3 Å². The first-order valence-electron chi connectivity index (χ1n) is 8.63. The summed E-state index contributed by atoms with van der Waals surface area (Å²) in [5.74, 6) is 0.233. The third-order valence-electron chi connectivity index (χ3n) is 3.67. The highest BCUT2D eigenvalue weighted by Crippen LogP contribution is 2.24. The summed E-state index contributed by atoms with van der Waals surface area (Å²) in [6, 6.07) is 6.54. The second-order valence-electron chi connectivity index (χ2n) is 6.03. The van der Waals surface area contributed by atoms with Crippen molar-refractivity contribution in [3.8, 4) is 11.6 Å². The van der Waals surface area contributed by atoms with Gasteiger partial charge in [-0.3, -0.25) is 5.32 Å². The summed E-state index contributed by atoms with van der Waals surface area (Å²) >= 11 is 1.47. The van der Waals surface area contributed by atoms with Crippen LogP contribution in [0.2, 0.25) is 0 Å². The van der Waals surface area contributed by atoms with Gasteiger partial charge in [-0.15, -0.1) is 11.3 Å². The van der Waals surface area contributed by atoms with Gasteiger partial charge >= 0.3 is 6.03 Å². The summed E-state index contributed by atoms with van der Waals surface area (Å²) in [5, 5.41) is 4.99. The summed E-state index contributed by atoms with van der Waals surface area (Å²) in [4.78, 5) is 24.3. The molecule has 0 radical (unpaired) electrons. The molecule has 12 heteroatoms. The topological polar surface area (TPSA) is 132 Å². The number of nitrogens with one attached hydrogen (secondary N) is 2. The van der Waals surface area contributed by atoms with Gasteiger partial charge in [0, 0.05) is 17.1 Å². The SMILES string of the molecule is COc1cc(C)nc(NC(=O)NS(=O)(=O)c2ccccc2OCc2csc(C)n2)n1. The second kappa shape index (κ2) is 9.05. The number of carbonyl (C=O) groups excluding carboxylic acids is 1. The molecule has 0 atom stereocenters. The van der Waals surface area contributed by atoms with E-state index in [1.54, 1.807) is 19.1 Å². The van der Waals surface area contributed by atoms with Crippen molar-refractivity contribution in [3.05, 3.63) is 52.1 Å². The van der Waals surface area contributed by atoms with Crippen molar-refractivity contribution in [2.24, 2.45) is 0 Å². The van der Waals surface area contributed by atoms with E-state index in [0.29, 0.717) is 11.4 Å². The predicted octanol–water partition coefficient (Wildman–Crippen LogP) is 2.65. The zero-order valence-corrected chi connectivity index (χ0v) is 18.0. The average Bonchev–Trinajstić information content (AvgIpc) is 3.10. The Bertz CT molecular complexity index is 1160. The Kier molecular flexibility index (Phi) is 6.47. The van der Waals surface area contributed by atoms with Gasteiger partial charge in [0.2, 0.25) is 11.8 Å². The van der Waals surface area contributed by atoms with E-state index < -0.39 is 16.1 Å². The van der Waals surface area contributed by atoms with Gasteiger partial charge in [0.1, 0.15) is 17.3 Å². The molecule has 3 rings (SSSR count).